The van der Waals surface area contributed by atoms with Gasteiger partial charge in [-0.2, -0.15) is 25.3 Å². The van der Waals surface area contributed by atoms with E-state index in [0.29, 0.717) is 17.8 Å². The molecule has 0 aromatic heterocycles. The molecule has 0 unspecified atom stereocenters. The van der Waals surface area contributed by atoms with Gasteiger partial charge in [-0.1, -0.05) is 23.4 Å². The summed E-state index contributed by atoms with van der Waals surface area (Å²) in [6.07, 6.45) is 5.84. The van der Waals surface area contributed by atoms with Crippen molar-refractivity contribution in [2.24, 2.45) is 0 Å². The number of alkyl halides is 3. The maximum absolute atomic E-state index is 12.1. The SMILES string of the molecule is C#CC1=C[C-]=C(c2ccc(OCC(F)(F)F)cc2)N(CC)C1=C.[Y]. The second kappa shape index (κ2) is 8.55. The number of nitrogens with zero attached hydrogens (tertiary/aromatic N) is 1. The maximum atomic E-state index is 12.1. The number of benzene rings is 1. The maximum Gasteiger partial charge on any atom is 0.422 e. The summed E-state index contributed by atoms with van der Waals surface area (Å²) < 4.78 is 41.1. The fraction of sp³-hybridized carbons (Fsp3) is 0.222. The Morgan fingerprint density at radius 2 is 1.92 bits per heavy atom. The summed E-state index contributed by atoms with van der Waals surface area (Å²) in [5.74, 6) is 2.70. The van der Waals surface area contributed by atoms with Gasteiger partial charge in [0.2, 0.25) is 0 Å². The van der Waals surface area contributed by atoms with E-state index < -0.39 is 12.8 Å². The molecule has 0 fully saturated rings. The van der Waals surface area contributed by atoms with Crippen LogP contribution in [0.4, 0.5) is 13.2 Å². The zero-order chi connectivity index (χ0) is 17.0. The average molecular weight is 407 g/mol. The summed E-state index contributed by atoms with van der Waals surface area (Å²) in [6, 6.07) is 6.34. The van der Waals surface area contributed by atoms with E-state index in [-0.39, 0.29) is 38.5 Å². The molecule has 1 aliphatic heterocycles. The van der Waals surface area contributed by atoms with Crippen molar-refractivity contribution >= 4 is 5.70 Å². The number of allylic oxidation sites excluding steroid dienone is 3. The molecule has 0 spiro atoms. The molecule has 0 saturated carbocycles. The molecule has 0 N–H and O–H groups in total. The van der Waals surface area contributed by atoms with Gasteiger partial charge in [0.25, 0.3) is 0 Å². The van der Waals surface area contributed by atoms with E-state index in [0.717, 1.165) is 11.3 Å². The Labute approximate surface area is 164 Å². The minimum Gasteiger partial charge on any atom is -0.484 e. The quantitative estimate of drug-likeness (QED) is 0.549. The van der Waals surface area contributed by atoms with Crippen molar-refractivity contribution < 1.29 is 50.6 Å². The fourth-order valence-corrected chi connectivity index (χ4v) is 2.17. The van der Waals surface area contributed by atoms with Crippen LogP contribution in [-0.2, 0) is 32.7 Å². The molecule has 0 aliphatic carbocycles. The van der Waals surface area contributed by atoms with Gasteiger partial charge in [-0.15, -0.1) is 24.5 Å². The first-order chi connectivity index (χ1) is 10.9. The van der Waals surface area contributed by atoms with Crippen LogP contribution in [0.15, 0.2) is 48.2 Å². The van der Waals surface area contributed by atoms with Gasteiger partial charge in [0.05, 0.1) is 0 Å². The van der Waals surface area contributed by atoms with Gasteiger partial charge in [-0.25, -0.2) is 0 Å². The Morgan fingerprint density at radius 1 is 1.29 bits per heavy atom. The van der Waals surface area contributed by atoms with Gasteiger partial charge in [0.15, 0.2) is 6.61 Å². The van der Waals surface area contributed by atoms with Crippen molar-refractivity contribution in [3.8, 4) is 18.1 Å². The third kappa shape index (κ3) is 4.99. The molecule has 1 aliphatic rings. The summed E-state index contributed by atoms with van der Waals surface area (Å²) in [6.45, 7) is 5.26. The molecule has 1 aromatic rings. The molecular weight excluding hydrogens is 392 g/mol. The Balaban J connectivity index is 0.00000288. The third-order valence-corrected chi connectivity index (χ3v) is 3.26. The van der Waals surface area contributed by atoms with Crippen molar-refractivity contribution in [3.05, 3.63) is 59.8 Å². The van der Waals surface area contributed by atoms with Crippen LogP contribution in [0.2, 0.25) is 0 Å². The molecule has 2 rings (SSSR count). The van der Waals surface area contributed by atoms with Crippen LogP contribution in [0.1, 0.15) is 12.5 Å². The van der Waals surface area contributed by atoms with Crippen LogP contribution < -0.4 is 4.74 Å². The van der Waals surface area contributed by atoms with Crippen LogP contribution in [0.5, 0.6) is 5.75 Å². The molecule has 0 bridgehead atoms. The number of likely N-dealkylation sites (N-methyl/N-ethyl adjacent to an activating group) is 1. The number of ether oxygens (including phenoxy) is 1. The van der Waals surface area contributed by atoms with E-state index in [1.165, 1.54) is 12.1 Å². The van der Waals surface area contributed by atoms with Crippen molar-refractivity contribution in [1.29, 1.82) is 0 Å². The first kappa shape index (κ1) is 20.5. The zero-order valence-corrected chi connectivity index (χ0v) is 16.0. The van der Waals surface area contributed by atoms with E-state index in [1.54, 1.807) is 18.2 Å². The van der Waals surface area contributed by atoms with Gasteiger partial charge in [0, 0.05) is 39.3 Å². The standard InChI is InChI=1S/C18H15F3NO.Y/c1-4-14-8-11-17(22(5-2)13(14)3)15-6-9-16(10-7-15)23-12-18(19,20)21;/h1,6-10H,3,5,12H2,2H3;/q-1;. The van der Waals surface area contributed by atoms with Crippen LogP contribution in [-0.4, -0.2) is 24.2 Å². The Kier molecular flexibility index (Phi) is 7.32. The topological polar surface area (TPSA) is 12.5 Å². The summed E-state index contributed by atoms with van der Waals surface area (Å²) >= 11 is 0. The van der Waals surface area contributed by atoms with Crippen LogP contribution >= 0.6 is 0 Å². The Morgan fingerprint density at radius 3 is 2.42 bits per heavy atom. The predicted molar refractivity (Wildman–Crippen MR) is 83.1 cm³/mol. The number of hydrogen-bond donors (Lipinski definition) is 0. The van der Waals surface area contributed by atoms with Gasteiger partial charge in [-0.05, 0) is 24.8 Å². The van der Waals surface area contributed by atoms with Crippen molar-refractivity contribution in [1.82, 2.24) is 4.90 Å². The van der Waals surface area contributed by atoms with Gasteiger partial charge in [-0.3, -0.25) is 0 Å². The molecule has 1 radical (unpaired) electrons. The van der Waals surface area contributed by atoms with E-state index in [2.05, 4.69) is 18.6 Å². The van der Waals surface area contributed by atoms with Gasteiger partial charge >= 0.3 is 6.18 Å². The van der Waals surface area contributed by atoms with E-state index in [4.69, 9.17) is 11.2 Å². The first-order valence-corrected chi connectivity index (χ1v) is 6.92. The molecule has 6 heteroatoms. The van der Waals surface area contributed by atoms with Crippen molar-refractivity contribution in [2.75, 3.05) is 13.2 Å². The molecule has 1 heterocycles. The summed E-state index contributed by atoms with van der Waals surface area (Å²) in [5.41, 5.74) is 2.90. The second-order valence-corrected chi connectivity index (χ2v) is 4.81. The van der Waals surface area contributed by atoms with E-state index in [9.17, 15) is 13.2 Å². The van der Waals surface area contributed by atoms with Crippen LogP contribution in [0.25, 0.3) is 5.70 Å². The van der Waals surface area contributed by atoms with Gasteiger partial charge < -0.3 is 9.64 Å². The minimum atomic E-state index is -4.36. The monoisotopic (exact) mass is 407 g/mol. The second-order valence-electron chi connectivity index (χ2n) is 4.81. The number of hydrogen-bond acceptors (Lipinski definition) is 2. The van der Waals surface area contributed by atoms with Crippen molar-refractivity contribution in [3.63, 3.8) is 0 Å². The van der Waals surface area contributed by atoms with E-state index in [1.807, 2.05) is 11.8 Å². The van der Waals surface area contributed by atoms with Crippen molar-refractivity contribution in [2.45, 2.75) is 13.1 Å². The number of halogens is 3. The number of rotatable bonds is 4. The predicted octanol–water partition coefficient (Wildman–Crippen LogP) is 4.18. The summed E-state index contributed by atoms with van der Waals surface area (Å²) in [7, 11) is 0. The largest absolute Gasteiger partial charge is 0.484 e. The summed E-state index contributed by atoms with van der Waals surface area (Å²) in [4.78, 5) is 1.90. The summed E-state index contributed by atoms with van der Waals surface area (Å²) in [5, 5.41) is 0. The molecule has 1 aromatic carbocycles. The molecule has 24 heavy (non-hydrogen) atoms. The smallest absolute Gasteiger partial charge is 0.422 e. The average Bonchev–Trinajstić information content (AvgIpc) is 2.52. The van der Waals surface area contributed by atoms with Gasteiger partial charge in [0.1, 0.15) is 5.75 Å². The fourth-order valence-electron chi connectivity index (χ4n) is 2.17. The van der Waals surface area contributed by atoms with Crippen LogP contribution in [0.3, 0.4) is 0 Å². The van der Waals surface area contributed by atoms with Crippen LogP contribution in [0, 0.1) is 18.4 Å². The number of terminal acetylenes is 1. The minimum absolute atomic E-state index is 0. The molecular formula is C18H15F3NOY-. The Hall–Kier alpha value is -1.51. The first-order valence-electron chi connectivity index (χ1n) is 6.92. The third-order valence-electron chi connectivity index (χ3n) is 3.26. The Bertz CT molecular complexity index is 696. The normalized spacial score (nSPS) is 14.3. The molecule has 2 nitrogen and oxygen atoms in total. The molecule has 123 valence electrons. The molecule has 0 atom stereocenters. The molecule has 0 saturated heterocycles. The van der Waals surface area contributed by atoms with E-state index >= 15 is 0 Å². The zero-order valence-electron chi connectivity index (χ0n) is 13.2. The molecule has 0 amide bonds.